The zero-order chi connectivity index (χ0) is 19.6. The van der Waals surface area contributed by atoms with Crippen LogP contribution in [0.25, 0.3) is 11.3 Å². The molecule has 3 rings (SSSR count). The van der Waals surface area contributed by atoms with Gasteiger partial charge in [-0.25, -0.2) is 4.98 Å². The van der Waals surface area contributed by atoms with Crippen molar-refractivity contribution in [2.24, 2.45) is 0 Å². The van der Waals surface area contributed by atoms with Crippen LogP contribution in [0.4, 0.5) is 0 Å². The molecule has 2 aromatic heterocycles. The molecule has 27 heavy (non-hydrogen) atoms. The van der Waals surface area contributed by atoms with Crippen LogP contribution in [0.2, 0.25) is 0 Å². The molecule has 0 amide bonds. The number of benzene rings is 1. The highest BCUT2D eigenvalue weighted by atomic mass is 15.3. The van der Waals surface area contributed by atoms with Gasteiger partial charge in [0.2, 0.25) is 0 Å². The summed E-state index contributed by atoms with van der Waals surface area (Å²) in [6.07, 6.45) is 4.99. The van der Waals surface area contributed by atoms with E-state index in [4.69, 9.17) is 5.10 Å². The smallest absolute Gasteiger partial charge is 0.0951 e. The molecule has 2 heterocycles. The molecule has 0 aliphatic carbocycles. The fourth-order valence-electron chi connectivity index (χ4n) is 3.71. The maximum atomic E-state index is 4.74. The summed E-state index contributed by atoms with van der Waals surface area (Å²) in [5.41, 5.74) is 7.25. The normalized spacial score (nSPS) is 12.7. The van der Waals surface area contributed by atoms with Crippen LogP contribution in [0.1, 0.15) is 41.9 Å². The van der Waals surface area contributed by atoms with Crippen LogP contribution in [-0.4, -0.2) is 38.3 Å². The van der Waals surface area contributed by atoms with Crippen LogP contribution in [-0.2, 0) is 13.1 Å². The molecule has 0 saturated carbocycles. The van der Waals surface area contributed by atoms with Crippen molar-refractivity contribution in [1.29, 1.82) is 0 Å². The second kappa shape index (κ2) is 8.09. The van der Waals surface area contributed by atoms with Crippen molar-refractivity contribution < 1.29 is 0 Å². The van der Waals surface area contributed by atoms with E-state index < -0.39 is 0 Å². The zero-order valence-electron chi connectivity index (χ0n) is 17.4. The molecule has 1 atom stereocenters. The molecule has 0 aliphatic heterocycles. The molecule has 0 saturated heterocycles. The average Bonchev–Trinajstić information content (AvgIpc) is 3.18. The number of aromatic nitrogens is 4. The highest BCUT2D eigenvalue weighted by Gasteiger charge is 2.20. The summed E-state index contributed by atoms with van der Waals surface area (Å²) < 4.78 is 4.38. The lowest BCUT2D eigenvalue weighted by atomic mass is 10.0. The molecule has 0 N–H and O–H groups in total. The van der Waals surface area contributed by atoms with E-state index in [1.54, 1.807) is 0 Å². The fourth-order valence-corrected chi connectivity index (χ4v) is 3.71. The molecule has 0 radical (unpaired) electrons. The van der Waals surface area contributed by atoms with Crippen LogP contribution in [0.3, 0.4) is 0 Å². The quantitative estimate of drug-likeness (QED) is 0.623. The molecule has 0 fully saturated rings. The van der Waals surface area contributed by atoms with E-state index in [1.807, 2.05) is 12.5 Å². The van der Waals surface area contributed by atoms with E-state index in [-0.39, 0.29) is 6.04 Å². The number of hydrogen-bond donors (Lipinski definition) is 0. The molecule has 0 aliphatic rings. The molecule has 1 aromatic carbocycles. The third-order valence-corrected chi connectivity index (χ3v) is 5.24. The molecule has 0 spiro atoms. The van der Waals surface area contributed by atoms with Crippen LogP contribution < -0.4 is 0 Å². The first-order valence-electron chi connectivity index (χ1n) is 9.69. The topological polar surface area (TPSA) is 38.9 Å². The van der Waals surface area contributed by atoms with Gasteiger partial charge in [0.05, 0.1) is 30.0 Å². The summed E-state index contributed by atoms with van der Waals surface area (Å²) in [6, 6.07) is 9.11. The van der Waals surface area contributed by atoms with Gasteiger partial charge in [-0.2, -0.15) is 5.10 Å². The Morgan fingerprint density at radius 1 is 1.07 bits per heavy atom. The van der Waals surface area contributed by atoms with Gasteiger partial charge in [0.1, 0.15) is 0 Å². The van der Waals surface area contributed by atoms with Crippen molar-refractivity contribution in [1.82, 2.24) is 24.2 Å². The Balaban J connectivity index is 1.96. The van der Waals surface area contributed by atoms with Gasteiger partial charge in [0.15, 0.2) is 0 Å². The van der Waals surface area contributed by atoms with Gasteiger partial charge >= 0.3 is 0 Å². The van der Waals surface area contributed by atoms with Crippen LogP contribution in [0, 0.1) is 20.8 Å². The van der Waals surface area contributed by atoms with Crippen LogP contribution >= 0.6 is 0 Å². The standard InChI is InChI=1S/C22H31N5/c1-7-12-27-18(4)22(17(3)24-27)20-13-23-15-26(20)14-21(25(5)6)19-10-8-16(2)9-11-19/h8-11,13,15,21H,7,12,14H2,1-6H3/t21-/m0/s1. The van der Waals surface area contributed by atoms with Crippen molar-refractivity contribution in [3.63, 3.8) is 0 Å². The molecular formula is C22H31N5. The zero-order valence-corrected chi connectivity index (χ0v) is 17.4. The molecule has 5 heteroatoms. The summed E-state index contributed by atoms with van der Waals surface area (Å²) in [5, 5.41) is 4.74. The van der Waals surface area contributed by atoms with Gasteiger partial charge in [0.25, 0.3) is 0 Å². The summed E-state index contributed by atoms with van der Waals surface area (Å²) in [6.45, 7) is 10.4. The Labute approximate surface area is 162 Å². The second-order valence-corrected chi connectivity index (χ2v) is 7.59. The summed E-state index contributed by atoms with van der Waals surface area (Å²) in [7, 11) is 4.27. The van der Waals surface area contributed by atoms with E-state index in [0.29, 0.717) is 0 Å². The van der Waals surface area contributed by atoms with E-state index in [0.717, 1.165) is 30.9 Å². The van der Waals surface area contributed by atoms with Gasteiger partial charge in [-0.1, -0.05) is 36.8 Å². The highest BCUT2D eigenvalue weighted by Crippen LogP contribution is 2.29. The van der Waals surface area contributed by atoms with Crippen molar-refractivity contribution in [3.8, 4) is 11.3 Å². The lowest BCUT2D eigenvalue weighted by molar-refractivity contribution is 0.269. The molecule has 3 aromatic rings. The minimum Gasteiger partial charge on any atom is -0.329 e. The minimum atomic E-state index is 0.282. The van der Waals surface area contributed by atoms with Gasteiger partial charge in [-0.15, -0.1) is 0 Å². The Kier molecular flexibility index (Phi) is 5.80. The summed E-state index contributed by atoms with van der Waals surface area (Å²) in [5.74, 6) is 0. The SMILES string of the molecule is CCCn1nc(C)c(-c2cncn2C[C@@H](c2ccc(C)cc2)N(C)C)c1C. The predicted molar refractivity (Wildman–Crippen MR) is 111 cm³/mol. The fraction of sp³-hybridized carbons (Fsp3) is 0.455. The van der Waals surface area contributed by atoms with E-state index in [1.165, 1.54) is 22.4 Å². The molecule has 0 bridgehead atoms. The van der Waals surface area contributed by atoms with Crippen molar-refractivity contribution in [2.75, 3.05) is 14.1 Å². The van der Waals surface area contributed by atoms with Crippen molar-refractivity contribution in [3.05, 3.63) is 59.3 Å². The Hall–Kier alpha value is -2.40. The average molecular weight is 366 g/mol. The van der Waals surface area contributed by atoms with Gasteiger partial charge in [-0.3, -0.25) is 4.68 Å². The Morgan fingerprint density at radius 3 is 2.41 bits per heavy atom. The van der Waals surface area contributed by atoms with E-state index in [2.05, 4.69) is 85.2 Å². The first-order valence-corrected chi connectivity index (χ1v) is 9.69. The Morgan fingerprint density at radius 2 is 1.78 bits per heavy atom. The van der Waals surface area contributed by atoms with Crippen LogP contribution in [0.15, 0.2) is 36.8 Å². The van der Waals surface area contributed by atoms with Gasteiger partial charge in [-0.05, 0) is 46.9 Å². The second-order valence-electron chi connectivity index (χ2n) is 7.59. The Bertz CT molecular complexity index is 886. The van der Waals surface area contributed by atoms with Gasteiger partial charge < -0.3 is 9.47 Å². The lowest BCUT2D eigenvalue weighted by Crippen LogP contribution is -2.24. The number of rotatable bonds is 7. The maximum Gasteiger partial charge on any atom is 0.0951 e. The highest BCUT2D eigenvalue weighted by molar-refractivity contribution is 5.64. The number of hydrogen-bond acceptors (Lipinski definition) is 3. The van der Waals surface area contributed by atoms with Gasteiger partial charge in [0, 0.05) is 24.3 Å². The molecule has 144 valence electrons. The van der Waals surface area contributed by atoms with Crippen molar-refractivity contribution >= 4 is 0 Å². The van der Waals surface area contributed by atoms with E-state index in [9.17, 15) is 0 Å². The van der Waals surface area contributed by atoms with E-state index >= 15 is 0 Å². The number of likely N-dealkylation sites (N-methyl/N-ethyl adjacent to an activating group) is 1. The monoisotopic (exact) mass is 365 g/mol. The number of imidazole rings is 1. The third-order valence-electron chi connectivity index (χ3n) is 5.24. The molecule has 5 nitrogen and oxygen atoms in total. The summed E-state index contributed by atoms with van der Waals surface area (Å²) in [4.78, 5) is 6.74. The molecule has 0 unspecified atom stereocenters. The third kappa shape index (κ3) is 3.98. The first kappa shape index (κ1) is 19.4. The minimum absolute atomic E-state index is 0.282. The van der Waals surface area contributed by atoms with Crippen molar-refractivity contribution in [2.45, 2.75) is 53.2 Å². The lowest BCUT2D eigenvalue weighted by Gasteiger charge is -2.26. The largest absolute Gasteiger partial charge is 0.329 e. The molecular weight excluding hydrogens is 334 g/mol. The van der Waals surface area contributed by atoms with Crippen LogP contribution in [0.5, 0.6) is 0 Å². The number of nitrogens with zero attached hydrogens (tertiary/aromatic N) is 5. The number of aryl methyl sites for hydroxylation is 3. The first-order chi connectivity index (χ1) is 12.9. The predicted octanol–water partition coefficient (Wildman–Crippen LogP) is 4.38. The maximum absolute atomic E-state index is 4.74. The summed E-state index contributed by atoms with van der Waals surface area (Å²) >= 11 is 0.